The molecule has 0 aromatic carbocycles. The maximum atomic E-state index is 13.5. The smallest absolute Gasteiger partial charge is 0.239 e. The van der Waals surface area contributed by atoms with Gasteiger partial charge in [0.05, 0.1) is 6.20 Å². The zero-order valence-electron chi connectivity index (χ0n) is 10.5. The van der Waals surface area contributed by atoms with E-state index < -0.39 is 5.82 Å². The number of halogens is 1. The molecule has 4 N–H and O–H groups in total. The summed E-state index contributed by atoms with van der Waals surface area (Å²) in [7, 11) is 2.11. The number of hydrogen-bond donors (Lipinski definition) is 3. The highest BCUT2D eigenvalue weighted by molar-refractivity contribution is 5.40. The second kappa shape index (κ2) is 5.92. The lowest BCUT2D eigenvalue weighted by Gasteiger charge is -2.29. The van der Waals surface area contributed by atoms with E-state index >= 15 is 0 Å². The van der Waals surface area contributed by atoms with Gasteiger partial charge >= 0.3 is 0 Å². The Balaban J connectivity index is 1.92. The standard InChI is InChI=1S/C11H19FN6/c1-18-4-2-3-8(7-18)5-14-10-9(12)6-15-11(16-10)17-13/h6,8H,2-5,7,13H2,1H3,(H2,14,15,16,17). The van der Waals surface area contributed by atoms with Crippen molar-refractivity contribution in [2.45, 2.75) is 12.8 Å². The summed E-state index contributed by atoms with van der Waals surface area (Å²) in [5, 5.41) is 3.03. The van der Waals surface area contributed by atoms with E-state index in [1.54, 1.807) is 0 Å². The molecule has 1 aliphatic rings. The second-order valence-electron chi connectivity index (χ2n) is 4.69. The lowest BCUT2D eigenvalue weighted by atomic mass is 9.98. The molecule has 0 aliphatic carbocycles. The van der Waals surface area contributed by atoms with Crippen LogP contribution in [0.4, 0.5) is 16.2 Å². The number of nitrogens with two attached hydrogens (primary N) is 1. The second-order valence-corrected chi connectivity index (χ2v) is 4.69. The molecule has 0 saturated carbocycles. The minimum absolute atomic E-state index is 0.200. The van der Waals surface area contributed by atoms with Gasteiger partial charge in [-0.15, -0.1) is 0 Å². The van der Waals surface area contributed by atoms with Gasteiger partial charge in [0.25, 0.3) is 0 Å². The lowest BCUT2D eigenvalue weighted by molar-refractivity contribution is 0.217. The van der Waals surface area contributed by atoms with E-state index in [0.717, 1.165) is 25.7 Å². The van der Waals surface area contributed by atoms with Crippen LogP contribution in [0.5, 0.6) is 0 Å². The van der Waals surface area contributed by atoms with Gasteiger partial charge in [-0.05, 0) is 32.4 Å². The third-order valence-corrected chi connectivity index (χ3v) is 3.15. The monoisotopic (exact) mass is 254 g/mol. The quantitative estimate of drug-likeness (QED) is 0.541. The highest BCUT2D eigenvalue weighted by Gasteiger charge is 2.17. The fourth-order valence-corrected chi connectivity index (χ4v) is 2.24. The Kier molecular flexibility index (Phi) is 4.27. The third-order valence-electron chi connectivity index (χ3n) is 3.15. The summed E-state index contributed by atoms with van der Waals surface area (Å²) in [4.78, 5) is 9.93. The van der Waals surface area contributed by atoms with Gasteiger partial charge in [-0.25, -0.2) is 15.2 Å². The number of piperidine rings is 1. The molecule has 100 valence electrons. The molecular formula is C11H19FN6. The third kappa shape index (κ3) is 3.27. The van der Waals surface area contributed by atoms with Gasteiger partial charge in [-0.3, -0.25) is 5.43 Å². The SMILES string of the molecule is CN1CCCC(CNc2nc(NN)ncc2F)C1. The molecule has 1 saturated heterocycles. The molecule has 1 aromatic heterocycles. The van der Waals surface area contributed by atoms with Crippen molar-refractivity contribution < 1.29 is 4.39 Å². The van der Waals surface area contributed by atoms with Crippen molar-refractivity contribution in [3.05, 3.63) is 12.0 Å². The first-order chi connectivity index (χ1) is 8.69. The van der Waals surface area contributed by atoms with Crippen molar-refractivity contribution >= 4 is 11.8 Å². The minimum Gasteiger partial charge on any atom is -0.367 e. The Morgan fingerprint density at radius 1 is 1.61 bits per heavy atom. The first kappa shape index (κ1) is 13.0. The van der Waals surface area contributed by atoms with E-state index in [4.69, 9.17) is 5.84 Å². The summed E-state index contributed by atoms with van der Waals surface area (Å²) >= 11 is 0. The van der Waals surface area contributed by atoms with Gasteiger partial charge in [-0.2, -0.15) is 4.98 Å². The van der Waals surface area contributed by atoms with E-state index in [2.05, 4.69) is 32.7 Å². The summed E-state index contributed by atoms with van der Waals surface area (Å²) in [6.07, 6.45) is 3.45. The van der Waals surface area contributed by atoms with Crippen molar-refractivity contribution in [3.8, 4) is 0 Å². The Bertz CT molecular complexity index is 399. The number of nitrogen functional groups attached to an aromatic ring is 1. The van der Waals surface area contributed by atoms with Gasteiger partial charge in [-0.1, -0.05) is 0 Å². The van der Waals surface area contributed by atoms with E-state index in [9.17, 15) is 4.39 Å². The number of aromatic nitrogens is 2. The highest BCUT2D eigenvalue weighted by Crippen LogP contribution is 2.17. The molecule has 18 heavy (non-hydrogen) atoms. The van der Waals surface area contributed by atoms with Gasteiger partial charge in [0, 0.05) is 13.1 Å². The van der Waals surface area contributed by atoms with Gasteiger partial charge in [0.1, 0.15) is 0 Å². The number of rotatable bonds is 4. The Labute approximate surface area is 106 Å². The van der Waals surface area contributed by atoms with E-state index in [1.807, 2.05) is 0 Å². The predicted molar refractivity (Wildman–Crippen MR) is 68.5 cm³/mol. The fourth-order valence-electron chi connectivity index (χ4n) is 2.24. The number of nitrogens with zero attached hydrogens (tertiary/aromatic N) is 3. The van der Waals surface area contributed by atoms with Gasteiger partial charge in [0.15, 0.2) is 11.6 Å². The van der Waals surface area contributed by atoms with Crippen LogP contribution in [-0.2, 0) is 0 Å². The van der Waals surface area contributed by atoms with Crippen LogP contribution in [0, 0.1) is 11.7 Å². The molecule has 1 atom stereocenters. The van der Waals surface area contributed by atoms with Crippen molar-refractivity contribution in [1.82, 2.24) is 14.9 Å². The Morgan fingerprint density at radius 2 is 2.44 bits per heavy atom. The van der Waals surface area contributed by atoms with Crippen molar-refractivity contribution in [1.29, 1.82) is 0 Å². The zero-order valence-corrected chi connectivity index (χ0v) is 10.5. The maximum absolute atomic E-state index is 13.5. The predicted octanol–water partition coefficient (Wildman–Crippen LogP) is 0.655. The zero-order chi connectivity index (χ0) is 13.0. The first-order valence-electron chi connectivity index (χ1n) is 6.10. The average Bonchev–Trinajstić information content (AvgIpc) is 2.38. The topological polar surface area (TPSA) is 79.1 Å². The molecule has 0 bridgehead atoms. The van der Waals surface area contributed by atoms with E-state index in [0.29, 0.717) is 12.5 Å². The van der Waals surface area contributed by atoms with Gasteiger partial charge < -0.3 is 10.2 Å². The lowest BCUT2D eigenvalue weighted by Crippen LogP contribution is -2.35. The molecule has 1 unspecified atom stereocenters. The summed E-state index contributed by atoms with van der Waals surface area (Å²) in [6.45, 7) is 2.88. The number of likely N-dealkylation sites (tertiary alicyclic amines) is 1. The van der Waals surface area contributed by atoms with Crippen LogP contribution in [0.1, 0.15) is 12.8 Å². The number of hydrazine groups is 1. The van der Waals surface area contributed by atoms with Crippen molar-refractivity contribution in [3.63, 3.8) is 0 Å². The van der Waals surface area contributed by atoms with Crippen LogP contribution >= 0.6 is 0 Å². The normalized spacial score (nSPS) is 20.7. The molecule has 6 nitrogen and oxygen atoms in total. The summed E-state index contributed by atoms with van der Waals surface area (Å²) in [5.74, 6) is 5.66. The molecule has 0 spiro atoms. The molecule has 7 heteroatoms. The molecule has 0 amide bonds. The minimum atomic E-state index is -0.460. The number of nitrogens with one attached hydrogen (secondary N) is 2. The van der Waals surface area contributed by atoms with Crippen molar-refractivity contribution in [2.75, 3.05) is 37.4 Å². The van der Waals surface area contributed by atoms with E-state index in [-0.39, 0.29) is 11.8 Å². The van der Waals surface area contributed by atoms with Crippen LogP contribution in [0.2, 0.25) is 0 Å². The van der Waals surface area contributed by atoms with Crippen LogP contribution in [0.25, 0.3) is 0 Å². The molecule has 2 rings (SSSR count). The Hall–Kier alpha value is -1.47. The molecule has 2 heterocycles. The summed E-state index contributed by atoms with van der Waals surface area (Å²) < 4.78 is 13.5. The number of hydrogen-bond acceptors (Lipinski definition) is 6. The molecule has 1 aliphatic heterocycles. The van der Waals surface area contributed by atoms with Gasteiger partial charge in [0.2, 0.25) is 5.95 Å². The molecule has 1 aromatic rings. The van der Waals surface area contributed by atoms with E-state index in [1.165, 1.54) is 6.42 Å². The molecule has 1 fully saturated rings. The molecular weight excluding hydrogens is 235 g/mol. The van der Waals surface area contributed by atoms with Crippen LogP contribution in [0.15, 0.2) is 6.20 Å². The highest BCUT2D eigenvalue weighted by atomic mass is 19.1. The Morgan fingerprint density at radius 3 is 3.17 bits per heavy atom. The fraction of sp³-hybridized carbons (Fsp3) is 0.636. The summed E-state index contributed by atoms with van der Waals surface area (Å²) in [6, 6.07) is 0. The van der Waals surface area contributed by atoms with Crippen LogP contribution < -0.4 is 16.6 Å². The van der Waals surface area contributed by atoms with Crippen LogP contribution in [-0.4, -0.2) is 41.5 Å². The summed E-state index contributed by atoms with van der Waals surface area (Å²) in [5.41, 5.74) is 2.30. The largest absolute Gasteiger partial charge is 0.367 e. The maximum Gasteiger partial charge on any atom is 0.239 e. The van der Waals surface area contributed by atoms with Crippen LogP contribution in [0.3, 0.4) is 0 Å². The van der Waals surface area contributed by atoms with Crippen molar-refractivity contribution in [2.24, 2.45) is 11.8 Å². The first-order valence-corrected chi connectivity index (χ1v) is 6.10. The molecule has 0 radical (unpaired) electrons. The average molecular weight is 254 g/mol. The number of anilines is 2.